The van der Waals surface area contributed by atoms with Crippen molar-refractivity contribution in [2.75, 3.05) is 0 Å². The molecule has 0 heterocycles. The molecule has 1 aliphatic carbocycles. The van der Waals surface area contributed by atoms with E-state index in [2.05, 4.69) is 12.1 Å². The van der Waals surface area contributed by atoms with Crippen molar-refractivity contribution < 1.29 is 0 Å². The van der Waals surface area contributed by atoms with Crippen molar-refractivity contribution >= 4 is 5.57 Å². The quantitative estimate of drug-likeness (QED) is 0.492. The maximum Gasteiger partial charge on any atom is -0.0000476 e. The third-order valence-corrected chi connectivity index (χ3v) is 2.68. The number of rotatable bonds is 0. The molecule has 64 valence electrons. The van der Waals surface area contributed by atoms with E-state index in [4.69, 9.17) is 6.58 Å². The maximum absolute atomic E-state index is 8.01. The van der Waals surface area contributed by atoms with Crippen molar-refractivity contribution in [3.05, 3.63) is 66.2 Å². The highest BCUT2D eigenvalue weighted by Crippen LogP contribution is 2.42. The van der Waals surface area contributed by atoms with Crippen molar-refractivity contribution in [2.24, 2.45) is 0 Å². The second-order valence-electron chi connectivity index (χ2n) is 3.47. The molecule has 0 saturated carbocycles. The lowest BCUT2D eigenvalue weighted by Crippen LogP contribution is -1.76. The van der Waals surface area contributed by atoms with E-state index in [1.807, 2.05) is 36.4 Å². The number of hydrogen-bond acceptors (Lipinski definition) is 0. The smallest absolute Gasteiger partial charge is 0.0000476 e. The highest BCUT2D eigenvalue weighted by atomic mass is 14.2. The minimum absolute atomic E-state index is 0.649. The molecule has 0 saturated heterocycles. The lowest BCUT2D eigenvalue weighted by atomic mass is 10.1. The van der Waals surface area contributed by atoms with Crippen LogP contribution in [-0.4, -0.2) is 0 Å². The van der Waals surface area contributed by atoms with Gasteiger partial charge in [0.2, 0.25) is 0 Å². The minimum atomic E-state index is 0.649. The zero-order valence-electron chi connectivity index (χ0n) is 7.62. The van der Waals surface area contributed by atoms with Crippen molar-refractivity contribution in [1.82, 2.24) is 0 Å². The van der Waals surface area contributed by atoms with Crippen LogP contribution in [0.4, 0.5) is 0 Å². The average Bonchev–Trinajstić information content (AvgIpc) is 2.55. The van der Waals surface area contributed by atoms with E-state index in [1.54, 1.807) is 0 Å². The van der Waals surface area contributed by atoms with E-state index in [-0.39, 0.29) is 0 Å². The molecular weight excluding hydrogens is 168 g/mol. The Balaban J connectivity index is 2.42. The fourth-order valence-corrected chi connectivity index (χ4v) is 2.02. The van der Waals surface area contributed by atoms with Crippen LogP contribution in [0.15, 0.2) is 48.5 Å². The van der Waals surface area contributed by atoms with Crippen LogP contribution in [0.2, 0.25) is 0 Å². The highest BCUT2D eigenvalue weighted by Gasteiger charge is 2.20. The van der Waals surface area contributed by atoms with Gasteiger partial charge in [-0.1, -0.05) is 48.5 Å². The van der Waals surface area contributed by atoms with E-state index in [1.165, 1.54) is 11.1 Å². The summed E-state index contributed by atoms with van der Waals surface area (Å²) in [6, 6.07) is 16.2. The summed E-state index contributed by atoms with van der Waals surface area (Å²) >= 11 is 0. The fraction of sp³-hybridized carbons (Fsp3) is 0. The van der Waals surface area contributed by atoms with Gasteiger partial charge in [-0.05, 0) is 34.4 Å². The van der Waals surface area contributed by atoms with Crippen molar-refractivity contribution in [3.63, 3.8) is 0 Å². The van der Waals surface area contributed by atoms with Gasteiger partial charge in [0.05, 0.1) is 0 Å². The van der Waals surface area contributed by atoms with E-state index in [0.717, 1.165) is 11.1 Å². The number of fused-ring (bicyclic) bond motifs is 3. The van der Waals surface area contributed by atoms with Crippen LogP contribution in [-0.2, 0) is 0 Å². The van der Waals surface area contributed by atoms with Gasteiger partial charge in [0.15, 0.2) is 0 Å². The molecule has 0 heteroatoms. The first-order valence-electron chi connectivity index (χ1n) is 4.65. The Morgan fingerprint density at radius 2 is 0.929 bits per heavy atom. The average molecular weight is 176 g/mol. The van der Waals surface area contributed by atoms with Crippen molar-refractivity contribution in [1.29, 1.82) is 0 Å². The molecule has 0 N–H and O–H groups in total. The monoisotopic (exact) mass is 176 g/mol. The Morgan fingerprint density at radius 1 is 0.571 bits per heavy atom. The first kappa shape index (κ1) is 7.57. The molecule has 1 aliphatic rings. The number of hydrogen-bond donors (Lipinski definition) is 0. The standard InChI is InChI=1S/C14H8/c1-10-11-6-2-4-8-13(11)14-9-5-3-7-12(10)14/h2-9H. The molecular formula is C14H8. The molecule has 14 heavy (non-hydrogen) atoms. The predicted molar refractivity (Wildman–Crippen MR) is 57.6 cm³/mol. The van der Waals surface area contributed by atoms with Crippen LogP contribution in [0.1, 0.15) is 11.1 Å². The molecule has 0 bridgehead atoms. The SMILES string of the molecule is [C]=C1c2ccccc2-c2ccccc21. The summed E-state index contributed by atoms with van der Waals surface area (Å²) in [6.07, 6.45) is 0. The minimum Gasteiger partial charge on any atom is -0.0616 e. The zero-order valence-corrected chi connectivity index (χ0v) is 7.62. The third kappa shape index (κ3) is 0.828. The van der Waals surface area contributed by atoms with Crippen LogP contribution in [0, 0.1) is 6.58 Å². The molecule has 0 aromatic heterocycles. The Hall–Kier alpha value is -1.82. The van der Waals surface area contributed by atoms with Crippen LogP contribution < -0.4 is 0 Å². The Morgan fingerprint density at radius 3 is 1.36 bits per heavy atom. The third-order valence-electron chi connectivity index (χ3n) is 2.68. The molecule has 0 unspecified atom stereocenters. The molecule has 3 rings (SSSR count). The van der Waals surface area contributed by atoms with Gasteiger partial charge in [0.1, 0.15) is 0 Å². The lowest BCUT2D eigenvalue weighted by molar-refractivity contribution is 1.65. The fourth-order valence-electron chi connectivity index (χ4n) is 2.02. The van der Waals surface area contributed by atoms with Gasteiger partial charge in [-0.25, -0.2) is 0 Å². The molecule has 0 amide bonds. The molecule has 0 fully saturated rings. The predicted octanol–water partition coefficient (Wildman–Crippen LogP) is 3.41. The van der Waals surface area contributed by atoms with E-state index in [9.17, 15) is 0 Å². The Bertz CT molecular complexity index is 474. The van der Waals surface area contributed by atoms with Gasteiger partial charge in [-0.3, -0.25) is 0 Å². The van der Waals surface area contributed by atoms with Crippen LogP contribution >= 0.6 is 0 Å². The second kappa shape index (κ2) is 2.58. The number of benzene rings is 2. The van der Waals surface area contributed by atoms with Crippen LogP contribution in [0.25, 0.3) is 16.7 Å². The largest absolute Gasteiger partial charge is 0.0616 e. The van der Waals surface area contributed by atoms with Gasteiger partial charge >= 0.3 is 0 Å². The van der Waals surface area contributed by atoms with Crippen LogP contribution in [0.5, 0.6) is 0 Å². The molecule has 0 aliphatic heterocycles. The van der Waals surface area contributed by atoms with Gasteiger partial charge in [0, 0.05) is 0 Å². The van der Waals surface area contributed by atoms with Crippen molar-refractivity contribution in [3.8, 4) is 11.1 Å². The summed E-state index contributed by atoms with van der Waals surface area (Å²) in [5, 5.41) is 0. The molecule has 0 spiro atoms. The van der Waals surface area contributed by atoms with E-state index < -0.39 is 0 Å². The molecule has 2 aromatic rings. The second-order valence-corrected chi connectivity index (χ2v) is 3.47. The molecule has 2 aromatic carbocycles. The first-order chi connectivity index (χ1) is 6.88. The van der Waals surface area contributed by atoms with Crippen molar-refractivity contribution in [2.45, 2.75) is 0 Å². The summed E-state index contributed by atoms with van der Waals surface area (Å²) in [5.74, 6) is 0. The van der Waals surface area contributed by atoms with Crippen LogP contribution in [0.3, 0.4) is 0 Å². The lowest BCUT2D eigenvalue weighted by Gasteiger charge is -1.97. The molecule has 0 atom stereocenters. The van der Waals surface area contributed by atoms with E-state index in [0.29, 0.717) is 5.57 Å². The van der Waals surface area contributed by atoms with Gasteiger partial charge in [0.25, 0.3) is 0 Å². The maximum atomic E-state index is 8.01. The zero-order chi connectivity index (χ0) is 9.54. The highest BCUT2D eigenvalue weighted by molar-refractivity contribution is 5.99. The van der Waals surface area contributed by atoms with E-state index >= 15 is 0 Å². The Labute approximate surface area is 83.5 Å². The molecule has 0 nitrogen and oxygen atoms in total. The summed E-state index contributed by atoms with van der Waals surface area (Å²) in [6.45, 7) is 8.01. The Kier molecular flexibility index (Phi) is 1.40. The molecule has 2 radical (unpaired) electrons. The summed E-state index contributed by atoms with van der Waals surface area (Å²) in [7, 11) is 0. The summed E-state index contributed by atoms with van der Waals surface area (Å²) in [4.78, 5) is 0. The topological polar surface area (TPSA) is 0 Å². The van der Waals surface area contributed by atoms with Gasteiger partial charge in [-0.2, -0.15) is 0 Å². The summed E-state index contributed by atoms with van der Waals surface area (Å²) in [5.41, 5.74) is 5.12. The van der Waals surface area contributed by atoms with Gasteiger partial charge in [-0.15, -0.1) is 0 Å². The first-order valence-corrected chi connectivity index (χ1v) is 4.65. The summed E-state index contributed by atoms with van der Waals surface area (Å²) < 4.78 is 0. The normalized spacial score (nSPS) is 12.4. The van der Waals surface area contributed by atoms with Gasteiger partial charge < -0.3 is 0 Å².